The Kier molecular flexibility index (Phi) is 12.3. The molecule has 4 aromatic carbocycles. The summed E-state index contributed by atoms with van der Waals surface area (Å²) in [6, 6.07) is 40.1. The average molecular weight is 605 g/mol. The van der Waals surface area contributed by atoms with Gasteiger partial charge in [-0.05, 0) is 41.3 Å². The third-order valence-electron chi connectivity index (χ3n) is 7.38. The highest BCUT2D eigenvalue weighted by atomic mass is 16.6. The second-order valence-corrected chi connectivity index (χ2v) is 10.9. The summed E-state index contributed by atoms with van der Waals surface area (Å²) in [6.07, 6.45) is 2.78. The van der Waals surface area contributed by atoms with E-state index in [0.717, 1.165) is 22.3 Å². The maximum atomic E-state index is 11.8. The normalized spacial score (nSPS) is 20.7. The standard InChI is InChI=1S/C39H40O6/c1-30(40)15-14-24-35-37(42-26-32-18-8-3-9-19-32)39(44-28-34-22-12-5-13-23-34)38(43-27-33-20-10-4-11-21-33)36(45-35)29-41-25-31-16-6-2-7-17-31/h2-24,36-39H,25-29H2,1H3/b15-14+,35-24-/t36-,37+,38-,39-/m1/s1. The molecule has 0 amide bonds. The Morgan fingerprint density at radius 1 is 0.622 bits per heavy atom. The zero-order valence-corrected chi connectivity index (χ0v) is 25.6. The first-order valence-corrected chi connectivity index (χ1v) is 15.3. The quantitative estimate of drug-likeness (QED) is 0.132. The Morgan fingerprint density at radius 2 is 1.07 bits per heavy atom. The molecular formula is C39H40O6. The van der Waals surface area contributed by atoms with Gasteiger partial charge in [-0.1, -0.05) is 127 Å². The van der Waals surface area contributed by atoms with Crippen LogP contribution >= 0.6 is 0 Å². The van der Waals surface area contributed by atoms with Gasteiger partial charge in [0.2, 0.25) is 0 Å². The molecule has 5 rings (SSSR count). The SMILES string of the molecule is CC(=O)/C=C/C=C1\O[C@H](COCc2ccccc2)[C@@H](OCc2ccccc2)[C@H](OCc2ccccc2)[C@H]1OCc1ccccc1. The van der Waals surface area contributed by atoms with E-state index in [1.807, 2.05) is 121 Å². The predicted octanol–water partition coefficient (Wildman–Crippen LogP) is 7.39. The predicted molar refractivity (Wildman–Crippen MR) is 174 cm³/mol. The van der Waals surface area contributed by atoms with Crippen LogP contribution in [0.5, 0.6) is 0 Å². The summed E-state index contributed by atoms with van der Waals surface area (Å²) in [5.74, 6) is 0.488. The molecule has 6 heteroatoms. The van der Waals surface area contributed by atoms with Crippen LogP contribution in [0.25, 0.3) is 0 Å². The maximum Gasteiger partial charge on any atom is 0.152 e. The van der Waals surface area contributed by atoms with Crippen LogP contribution in [-0.4, -0.2) is 36.8 Å². The minimum absolute atomic E-state index is 0.0619. The number of rotatable bonds is 15. The Morgan fingerprint density at radius 3 is 1.56 bits per heavy atom. The van der Waals surface area contributed by atoms with Gasteiger partial charge in [-0.15, -0.1) is 0 Å². The Bertz CT molecular complexity index is 1490. The molecule has 1 saturated heterocycles. The third kappa shape index (κ3) is 10.1. The van der Waals surface area contributed by atoms with E-state index in [4.69, 9.17) is 23.7 Å². The van der Waals surface area contributed by atoms with Crippen molar-refractivity contribution in [2.24, 2.45) is 0 Å². The smallest absolute Gasteiger partial charge is 0.152 e. The van der Waals surface area contributed by atoms with Crippen molar-refractivity contribution in [2.45, 2.75) is 57.8 Å². The molecule has 1 aliphatic heterocycles. The van der Waals surface area contributed by atoms with Crippen molar-refractivity contribution in [2.75, 3.05) is 6.61 Å². The van der Waals surface area contributed by atoms with Crippen LogP contribution in [-0.2, 0) is 54.9 Å². The molecule has 0 radical (unpaired) electrons. The third-order valence-corrected chi connectivity index (χ3v) is 7.38. The molecule has 0 saturated carbocycles. The molecule has 232 valence electrons. The first-order chi connectivity index (χ1) is 22.2. The van der Waals surface area contributed by atoms with E-state index in [9.17, 15) is 4.79 Å². The van der Waals surface area contributed by atoms with Crippen LogP contribution in [0, 0.1) is 0 Å². The summed E-state index contributed by atoms with van der Waals surface area (Å²) in [6.45, 7) is 3.27. The van der Waals surface area contributed by atoms with Crippen LogP contribution in [0.1, 0.15) is 29.2 Å². The first-order valence-electron chi connectivity index (χ1n) is 15.3. The molecule has 1 aliphatic rings. The second kappa shape index (κ2) is 17.2. The number of hydrogen-bond donors (Lipinski definition) is 0. The zero-order chi connectivity index (χ0) is 31.1. The van der Waals surface area contributed by atoms with Crippen molar-refractivity contribution < 1.29 is 28.5 Å². The summed E-state index contributed by atoms with van der Waals surface area (Å²) >= 11 is 0. The number of ether oxygens (including phenoxy) is 5. The van der Waals surface area contributed by atoms with Crippen molar-refractivity contribution in [1.82, 2.24) is 0 Å². The van der Waals surface area contributed by atoms with E-state index >= 15 is 0 Å². The Balaban J connectivity index is 1.46. The fourth-order valence-corrected chi connectivity index (χ4v) is 5.12. The molecule has 0 aromatic heterocycles. The number of carbonyl (C=O) groups is 1. The molecule has 0 aliphatic carbocycles. The van der Waals surface area contributed by atoms with Crippen LogP contribution in [0.3, 0.4) is 0 Å². The lowest BCUT2D eigenvalue weighted by Crippen LogP contribution is -2.56. The number of hydrogen-bond acceptors (Lipinski definition) is 6. The molecule has 0 bridgehead atoms. The average Bonchev–Trinajstić information content (AvgIpc) is 3.08. The van der Waals surface area contributed by atoms with Crippen LogP contribution in [0.15, 0.2) is 145 Å². The summed E-state index contributed by atoms with van der Waals surface area (Å²) < 4.78 is 32.8. The van der Waals surface area contributed by atoms with E-state index in [0.29, 0.717) is 32.2 Å². The van der Waals surface area contributed by atoms with Crippen molar-refractivity contribution in [1.29, 1.82) is 0 Å². The van der Waals surface area contributed by atoms with E-state index in [-0.39, 0.29) is 12.4 Å². The van der Waals surface area contributed by atoms with Crippen molar-refractivity contribution in [3.05, 3.63) is 168 Å². The van der Waals surface area contributed by atoms with Gasteiger partial charge in [0, 0.05) is 0 Å². The molecule has 4 aromatic rings. The van der Waals surface area contributed by atoms with Gasteiger partial charge in [0.15, 0.2) is 11.9 Å². The zero-order valence-electron chi connectivity index (χ0n) is 25.6. The Labute approximate surface area is 265 Å². The molecular weight excluding hydrogens is 564 g/mol. The molecule has 0 unspecified atom stereocenters. The number of ketones is 1. The van der Waals surface area contributed by atoms with E-state index in [1.165, 1.54) is 13.0 Å². The highest BCUT2D eigenvalue weighted by Gasteiger charge is 2.46. The van der Waals surface area contributed by atoms with Gasteiger partial charge in [0.05, 0.1) is 33.0 Å². The molecule has 45 heavy (non-hydrogen) atoms. The molecule has 1 fully saturated rings. The van der Waals surface area contributed by atoms with Gasteiger partial charge < -0.3 is 23.7 Å². The van der Waals surface area contributed by atoms with E-state index in [2.05, 4.69) is 0 Å². The summed E-state index contributed by atoms with van der Waals surface area (Å²) in [4.78, 5) is 11.8. The van der Waals surface area contributed by atoms with Gasteiger partial charge >= 0.3 is 0 Å². The van der Waals surface area contributed by atoms with Crippen LogP contribution in [0.2, 0.25) is 0 Å². The lowest BCUT2D eigenvalue weighted by Gasteiger charge is -2.43. The number of allylic oxidation sites excluding steroid dienone is 3. The van der Waals surface area contributed by atoms with Crippen LogP contribution in [0.4, 0.5) is 0 Å². The highest BCUT2D eigenvalue weighted by Crippen LogP contribution is 2.33. The molecule has 0 spiro atoms. The van der Waals surface area contributed by atoms with Crippen LogP contribution < -0.4 is 0 Å². The maximum absolute atomic E-state index is 11.8. The Hall–Kier alpha value is -4.33. The van der Waals surface area contributed by atoms with E-state index < -0.39 is 24.4 Å². The van der Waals surface area contributed by atoms with Gasteiger partial charge in [-0.3, -0.25) is 4.79 Å². The number of carbonyl (C=O) groups excluding carboxylic acids is 1. The minimum Gasteiger partial charge on any atom is -0.487 e. The largest absolute Gasteiger partial charge is 0.487 e. The summed E-state index contributed by atoms with van der Waals surface area (Å²) in [7, 11) is 0. The monoisotopic (exact) mass is 604 g/mol. The van der Waals surface area contributed by atoms with Gasteiger partial charge in [0.25, 0.3) is 0 Å². The first kappa shape index (κ1) is 32.1. The minimum atomic E-state index is -0.614. The fourth-order valence-electron chi connectivity index (χ4n) is 5.12. The molecule has 0 N–H and O–H groups in total. The van der Waals surface area contributed by atoms with Gasteiger partial charge in [0.1, 0.15) is 24.1 Å². The van der Waals surface area contributed by atoms with Crippen molar-refractivity contribution in [3.63, 3.8) is 0 Å². The molecule has 1 heterocycles. The second-order valence-electron chi connectivity index (χ2n) is 10.9. The van der Waals surface area contributed by atoms with E-state index in [1.54, 1.807) is 12.2 Å². The fraction of sp³-hybridized carbons (Fsp3) is 0.256. The number of benzene rings is 4. The topological polar surface area (TPSA) is 63.2 Å². The van der Waals surface area contributed by atoms with Gasteiger partial charge in [-0.2, -0.15) is 0 Å². The lowest BCUT2D eigenvalue weighted by atomic mass is 9.96. The molecule has 4 atom stereocenters. The lowest BCUT2D eigenvalue weighted by molar-refractivity contribution is -0.223. The molecule has 6 nitrogen and oxygen atoms in total. The van der Waals surface area contributed by atoms with Crippen molar-refractivity contribution in [3.8, 4) is 0 Å². The highest BCUT2D eigenvalue weighted by molar-refractivity contribution is 5.87. The summed E-state index contributed by atoms with van der Waals surface area (Å²) in [5, 5.41) is 0. The van der Waals surface area contributed by atoms with Gasteiger partial charge in [-0.25, -0.2) is 0 Å². The van der Waals surface area contributed by atoms with Crippen molar-refractivity contribution >= 4 is 5.78 Å². The summed E-state index contributed by atoms with van der Waals surface area (Å²) in [5.41, 5.74) is 4.16.